The van der Waals surface area contributed by atoms with E-state index >= 15 is 0 Å². The molecule has 0 bridgehead atoms. The van der Waals surface area contributed by atoms with Gasteiger partial charge in [0.25, 0.3) is 0 Å². The first-order valence-electron chi connectivity index (χ1n) is 12.8. The van der Waals surface area contributed by atoms with Crippen molar-refractivity contribution in [1.29, 1.82) is 0 Å². The Labute approximate surface area is 173 Å². The summed E-state index contributed by atoms with van der Waals surface area (Å²) in [4.78, 5) is 0. The van der Waals surface area contributed by atoms with Gasteiger partial charge in [-0.3, -0.25) is 0 Å². The molecule has 4 saturated carbocycles. The first-order valence-corrected chi connectivity index (χ1v) is 12.8. The minimum absolute atomic E-state index is 0.0396. The van der Waals surface area contributed by atoms with Crippen molar-refractivity contribution >= 4 is 0 Å². The quantitative estimate of drug-likeness (QED) is 0.520. The minimum atomic E-state index is -0.0693. The average molecular weight is 391 g/mol. The molecule has 6 unspecified atom stereocenters. The number of hydrogen-bond acceptors (Lipinski definition) is 2. The molecule has 0 radical (unpaired) electrons. The van der Waals surface area contributed by atoms with Gasteiger partial charge in [-0.15, -0.1) is 0 Å². The molecule has 2 N–H and O–H groups in total. The number of rotatable bonds is 6. The molecule has 0 heterocycles. The van der Waals surface area contributed by atoms with E-state index in [1.807, 2.05) is 0 Å². The minimum Gasteiger partial charge on any atom is -0.393 e. The first kappa shape index (κ1) is 21.2. The van der Waals surface area contributed by atoms with E-state index in [0.29, 0.717) is 16.7 Å². The third-order valence-electron chi connectivity index (χ3n) is 10.5. The first-order chi connectivity index (χ1) is 13.4. The molecule has 4 aliphatic rings. The fraction of sp³-hybridized carbons (Fsp3) is 1.00. The molecule has 0 aromatic rings. The molecule has 2 heteroatoms. The summed E-state index contributed by atoms with van der Waals surface area (Å²) in [6.45, 7) is 7.40. The molecule has 4 fully saturated rings. The second-order valence-electron chi connectivity index (χ2n) is 11.7. The van der Waals surface area contributed by atoms with Crippen molar-refractivity contribution < 1.29 is 10.2 Å². The Morgan fingerprint density at radius 2 is 1.61 bits per heavy atom. The molecular formula is C26H46O2. The van der Waals surface area contributed by atoms with Crippen LogP contribution in [-0.2, 0) is 0 Å². The van der Waals surface area contributed by atoms with E-state index < -0.39 is 0 Å². The Morgan fingerprint density at radius 3 is 2.39 bits per heavy atom. The maximum atomic E-state index is 11.1. The SMILES string of the molecule is CCCCCC[C@H](O)C1CCC2C3CCC4CC(O)CC[C@]4(C)C3CC[C@@]21C. The van der Waals surface area contributed by atoms with Gasteiger partial charge in [0, 0.05) is 0 Å². The largest absolute Gasteiger partial charge is 0.393 e. The van der Waals surface area contributed by atoms with Gasteiger partial charge in [0.1, 0.15) is 0 Å². The molecule has 4 aliphatic carbocycles. The maximum Gasteiger partial charge on any atom is 0.0573 e. The van der Waals surface area contributed by atoms with E-state index in [-0.39, 0.29) is 12.2 Å². The van der Waals surface area contributed by atoms with Gasteiger partial charge in [-0.1, -0.05) is 46.5 Å². The Balaban J connectivity index is 1.45. The van der Waals surface area contributed by atoms with Crippen molar-refractivity contribution in [2.45, 2.75) is 123 Å². The van der Waals surface area contributed by atoms with Crippen molar-refractivity contribution in [2.24, 2.45) is 40.4 Å². The van der Waals surface area contributed by atoms with E-state index in [9.17, 15) is 10.2 Å². The van der Waals surface area contributed by atoms with Crippen LogP contribution in [0.5, 0.6) is 0 Å². The Bertz CT molecular complexity index is 533. The lowest BCUT2D eigenvalue weighted by Crippen LogP contribution is -2.54. The Kier molecular flexibility index (Phi) is 6.21. The third kappa shape index (κ3) is 3.49. The zero-order valence-electron chi connectivity index (χ0n) is 18.8. The number of hydrogen-bond donors (Lipinski definition) is 2. The molecule has 0 aromatic heterocycles. The van der Waals surface area contributed by atoms with Crippen LogP contribution in [-0.4, -0.2) is 22.4 Å². The fourth-order valence-corrected chi connectivity index (χ4v) is 8.89. The fourth-order valence-electron chi connectivity index (χ4n) is 8.89. The van der Waals surface area contributed by atoms with Gasteiger partial charge in [0.2, 0.25) is 0 Å². The normalized spacial score (nSPS) is 49.2. The van der Waals surface area contributed by atoms with Crippen molar-refractivity contribution in [2.75, 3.05) is 0 Å². The zero-order valence-corrected chi connectivity index (χ0v) is 18.8. The second-order valence-corrected chi connectivity index (χ2v) is 11.7. The predicted octanol–water partition coefficient (Wildman–Crippen LogP) is 6.34. The molecule has 28 heavy (non-hydrogen) atoms. The van der Waals surface area contributed by atoms with Crippen LogP contribution in [0.15, 0.2) is 0 Å². The standard InChI is InChI=1S/C26H46O2/c1-4-5-6-7-8-24(28)23-12-11-21-20-10-9-18-17-19(27)13-15-25(18,2)22(20)14-16-26(21,23)3/h18-24,27-28H,4-17H2,1-3H3/t18?,19?,20?,21?,22?,23?,24-,25-,26-/m0/s1. The highest BCUT2D eigenvalue weighted by Gasteiger charge is 2.60. The van der Waals surface area contributed by atoms with E-state index in [0.717, 1.165) is 42.9 Å². The summed E-state index contributed by atoms with van der Waals surface area (Å²) in [7, 11) is 0. The lowest BCUT2D eigenvalue weighted by Gasteiger charge is -2.61. The van der Waals surface area contributed by atoms with Crippen molar-refractivity contribution in [3.8, 4) is 0 Å². The summed E-state index contributed by atoms with van der Waals surface area (Å²) >= 11 is 0. The summed E-state index contributed by atoms with van der Waals surface area (Å²) in [6, 6.07) is 0. The van der Waals surface area contributed by atoms with Gasteiger partial charge in [-0.05, 0) is 105 Å². The maximum absolute atomic E-state index is 11.1. The lowest BCUT2D eigenvalue weighted by molar-refractivity contribution is -0.133. The van der Waals surface area contributed by atoms with E-state index in [4.69, 9.17) is 0 Å². The number of aliphatic hydroxyl groups is 2. The van der Waals surface area contributed by atoms with Crippen LogP contribution < -0.4 is 0 Å². The molecular weight excluding hydrogens is 344 g/mol. The van der Waals surface area contributed by atoms with Crippen LogP contribution in [0.25, 0.3) is 0 Å². The van der Waals surface area contributed by atoms with Crippen LogP contribution >= 0.6 is 0 Å². The summed E-state index contributed by atoms with van der Waals surface area (Å²) in [5.74, 6) is 3.89. The van der Waals surface area contributed by atoms with Gasteiger partial charge in [-0.25, -0.2) is 0 Å². The topological polar surface area (TPSA) is 40.5 Å². The summed E-state index contributed by atoms with van der Waals surface area (Å²) in [5.41, 5.74) is 0.850. The van der Waals surface area contributed by atoms with Gasteiger partial charge < -0.3 is 10.2 Å². The molecule has 0 aromatic carbocycles. The Morgan fingerprint density at radius 1 is 0.857 bits per heavy atom. The number of aliphatic hydroxyl groups excluding tert-OH is 2. The third-order valence-corrected chi connectivity index (χ3v) is 10.5. The van der Waals surface area contributed by atoms with Crippen LogP contribution in [0.2, 0.25) is 0 Å². The highest BCUT2D eigenvalue weighted by molar-refractivity contribution is 5.10. The van der Waals surface area contributed by atoms with Crippen LogP contribution in [0.3, 0.4) is 0 Å². The average Bonchev–Trinajstić information content (AvgIpc) is 3.03. The summed E-state index contributed by atoms with van der Waals surface area (Å²) in [6.07, 6.45) is 17.4. The van der Waals surface area contributed by atoms with Crippen molar-refractivity contribution in [3.63, 3.8) is 0 Å². The highest BCUT2D eigenvalue weighted by atomic mass is 16.3. The zero-order chi connectivity index (χ0) is 19.9. The van der Waals surface area contributed by atoms with E-state index in [1.54, 1.807) is 0 Å². The molecule has 9 atom stereocenters. The van der Waals surface area contributed by atoms with Gasteiger partial charge in [0.15, 0.2) is 0 Å². The summed E-state index contributed by atoms with van der Waals surface area (Å²) in [5, 5.41) is 21.3. The van der Waals surface area contributed by atoms with Gasteiger partial charge in [0.05, 0.1) is 12.2 Å². The monoisotopic (exact) mass is 390 g/mol. The highest BCUT2D eigenvalue weighted by Crippen LogP contribution is 2.67. The Hall–Kier alpha value is -0.0800. The lowest BCUT2D eigenvalue weighted by atomic mass is 9.44. The smallest absolute Gasteiger partial charge is 0.0573 e. The number of unbranched alkanes of at least 4 members (excludes halogenated alkanes) is 3. The molecule has 0 spiro atoms. The van der Waals surface area contributed by atoms with Crippen LogP contribution in [0, 0.1) is 40.4 Å². The predicted molar refractivity (Wildman–Crippen MR) is 116 cm³/mol. The van der Waals surface area contributed by atoms with E-state index in [2.05, 4.69) is 20.8 Å². The molecule has 0 saturated heterocycles. The summed E-state index contributed by atoms with van der Waals surface area (Å²) < 4.78 is 0. The second kappa shape index (κ2) is 8.22. The molecule has 0 aliphatic heterocycles. The van der Waals surface area contributed by atoms with Crippen molar-refractivity contribution in [1.82, 2.24) is 0 Å². The molecule has 4 rings (SSSR count). The number of fused-ring (bicyclic) bond motifs is 5. The van der Waals surface area contributed by atoms with Crippen LogP contribution in [0.4, 0.5) is 0 Å². The van der Waals surface area contributed by atoms with E-state index in [1.165, 1.54) is 70.6 Å². The van der Waals surface area contributed by atoms with Gasteiger partial charge >= 0.3 is 0 Å². The van der Waals surface area contributed by atoms with Crippen LogP contribution in [0.1, 0.15) is 111 Å². The molecule has 0 amide bonds. The van der Waals surface area contributed by atoms with Gasteiger partial charge in [-0.2, -0.15) is 0 Å². The van der Waals surface area contributed by atoms with Crippen molar-refractivity contribution in [3.05, 3.63) is 0 Å². The molecule has 2 nitrogen and oxygen atoms in total. The molecule has 162 valence electrons.